The Morgan fingerprint density at radius 1 is 1.44 bits per heavy atom. The van der Waals surface area contributed by atoms with Crippen LogP contribution in [-0.2, 0) is 0 Å². The van der Waals surface area contributed by atoms with E-state index in [0.717, 1.165) is 11.4 Å². The van der Waals surface area contributed by atoms with Gasteiger partial charge in [0, 0.05) is 6.20 Å². The summed E-state index contributed by atoms with van der Waals surface area (Å²) >= 11 is 11.1. The van der Waals surface area contributed by atoms with Crippen molar-refractivity contribution in [3.8, 4) is 5.69 Å². The number of hydrogen-bond acceptors (Lipinski definition) is 2. The Bertz CT molecular complexity index is 548. The number of nitrogens with zero attached hydrogens (tertiary/aromatic N) is 2. The minimum Gasteiger partial charge on any atom is -0.389 e. The number of aromatic nitrogens is 2. The van der Waals surface area contributed by atoms with Crippen LogP contribution in [0.3, 0.4) is 0 Å². The third kappa shape index (κ3) is 1.94. The van der Waals surface area contributed by atoms with Crippen LogP contribution in [0.5, 0.6) is 0 Å². The molecule has 82 valence electrons. The van der Waals surface area contributed by atoms with E-state index in [-0.39, 0.29) is 4.99 Å². The number of aryl methyl sites for hydroxylation is 1. The number of hydrogen-bond donors (Lipinski definition) is 1. The van der Waals surface area contributed by atoms with Crippen LogP contribution in [0.1, 0.15) is 11.3 Å². The van der Waals surface area contributed by atoms with Gasteiger partial charge in [0.25, 0.3) is 0 Å². The van der Waals surface area contributed by atoms with Crippen LogP contribution in [0.4, 0.5) is 0 Å². The molecule has 0 saturated carbocycles. The van der Waals surface area contributed by atoms with E-state index in [0.29, 0.717) is 10.6 Å². The zero-order valence-electron chi connectivity index (χ0n) is 8.64. The molecule has 0 atom stereocenters. The Morgan fingerprint density at radius 2 is 2.19 bits per heavy atom. The number of nitrogens with two attached hydrogens (primary N) is 1. The van der Waals surface area contributed by atoms with E-state index < -0.39 is 0 Å². The number of thiocarbonyl (C=S) groups is 1. The average molecular weight is 252 g/mol. The SMILES string of the molecule is Cc1ccn(-c2cccc(Cl)c2C(N)=S)n1. The van der Waals surface area contributed by atoms with Gasteiger partial charge in [0.15, 0.2) is 0 Å². The summed E-state index contributed by atoms with van der Waals surface area (Å²) in [6, 6.07) is 7.39. The van der Waals surface area contributed by atoms with Gasteiger partial charge in [0.2, 0.25) is 0 Å². The van der Waals surface area contributed by atoms with E-state index in [2.05, 4.69) is 5.10 Å². The molecule has 0 aliphatic carbocycles. The highest BCUT2D eigenvalue weighted by molar-refractivity contribution is 7.80. The molecule has 1 heterocycles. The summed E-state index contributed by atoms with van der Waals surface area (Å²) in [6.07, 6.45) is 1.85. The van der Waals surface area contributed by atoms with E-state index in [1.165, 1.54) is 0 Å². The molecule has 16 heavy (non-hydrogen) atoms. The lowest BCUT2D eigenvalue weighted by Crippen LogP contribution is -2.14. The second kappa shape index (κ2) is 4.23. The molecule has 0 aliphatic rings. The Labute approximate surface area is 104 Å². The summed E-state index contributed by atoms with van der Waals surface area (Å²) in [5.41, 5.74) is 8.04. The van der Waals surface area contributed by atoms with E-state index in [9.17, 15) is 0 Å². The summed E-state index contributed by atoms with van der Waals surface area (Å²) in [4.78, 5) is 0.272. The smallest absolute Gasteiger partial charge is 0.107 e. The molecule has 3 nitrogen and oxygen atoms in total. The van der Waals surface area contributed by atoms with Crippen LogP contribution >= 0.6 is 23.8 Å². The van der Waals surface area contributed by atoms with Gasteiger partial charge >= 0.3 is 0 Å². The van der Waals surface area contributed by atoms with Crippen LogP contribution in [0, 0.1) is 6.92 Å². The second-order valence-corrected chi connectivity index (χ2v) is 4.25. The topological polar surface area (TPSA) is 43.8 Å². The van der Waals surface area contributed by atoms with Gasteiger partial charge in [-0.2, -0.15) is 5.10 Å². The molecule has 5 heteroatoms. The fourth-order valence-electron chi connectivity index (χ4n) is 1.50. The van der Waals surface area contributed by atoms with Crippen LogP contribution in [-0.4, -0.2) is 14.8 Å². The van der Waals surface area contributed by atoms with Crippen molar-refractivity contribution in [1.29, 1.82) is 0 Å². The van der Waals surface area contributed by atoms with Gasteiger partial charge in [-0.05, 0) is 25.1 Å². The Hall–Kier alpha value is -1.39. The van der Waals surface area contributed by atoms with Crippen molar-refractivity contribution in [2.45, 2.75) is 6.92 Å². The monoisotopic (exact) mass is 251 g/mol. The van der Waals surface area contributed by atoms with Crippen LogP contribution < -0.4 is 5.73 Å². The molecule has 0 radical (unpaired) electrons. The molecule has 0 saturated heterocycles. The number of halogens is 1. The molecule has 1 aromatic heterocycles. The normalized spacial score (nSPS) is 10.4. The molecule has 2 N–H and O–H groups in total. The van der Waals surface area contributed by atoms with Gasteiger partial charge in [0.05, 0.1) is 22.0 Å². The molecule has 0 aliphatic heterocycles. The number of benzene rings is 1. The van der Waals surface area contributed by atoms with Crippen molar-refractivity contribution in [3.05, 3.63) is 46.7 Å². The highest BCUT2D eigenvalue weighted by atomic mass is 35.5. The van der Waals surface area contributed by atoms with E-state index >= 15 is 0 Å². The molecule has 2 rings (SSSR count). The fourth-order valence-corrected chi connectivity index (χ4v) is 2.04. The third-order valence-electron chi connectivity index (χ3n) is 2.21. The van der Waals surface area contributed by atoms with Gasteiger partial charge < -0.3 is 5.73 Å². The van der Waals surface area contributed by atoms with Gasteiger partial charge in [-0.3, -0.25) is 0 Å². The lowest BCUT2D eigenvalue weighted by Gasteiger charge is -2.09. The predicted molar refractivity (Wildman–Crippen MR) is 69.2 cm³/mol. The first-order chi connectivity index (χ1) is 7.59. The van der Waals surface area contributed by atoms with E-state index in [1.807, 2.05) is 31.3 Å². The third-order valence-corrected chi connectivity index (χ3v) is 2.73. The highest BCUT2D eigenvalue weighted by Gasteiger charge is 2.11. The van der Waals surface area contributed by atoms with Crippen molar-refractivity contribution >= 4 is 28.8 Å². The molecular formula is C11H10ClN3S. The molecule has 0 amide bonds. The number of rotatable bonds is 2. The largest absolute Gasteiger partial charge is 0.389 e. The van der Waals surface area contributed by atoms with Crippen LogP contribution in [0.15, 0.2) is 30.5 Å². The summed E-state index contributed by atoms with van der Waals surface area (Å²) in [5, 5.41) is 4.85. The highest BCUT2D eigenvalue weighted by Crippen LogP contribution is 2.22. The minimum absolute atomic E-state index is 0.272. The molecule has 0 spiro atoms. The van der Waals surface area contributed by atoms with Crippen LogP contribution in [0.2, 0.25) is 5.02 Å². The maximum Gasteiger partial charge on any atom is 0.107 e. The zero-order valence-corrected chi connectivity index (χ0v) is 10.2. The Morgan fingerprint density at radius 3 is 2.75 bits per heavy atom. The molecule has 0 fully saturated rings. The lowest BCUT2D eigenvalue weighted by molar-refractivity contribution is 0.861. The van der Waals surface area contributed by atoms with Crippen molar-refractivity contribution in [2.75, 3.05) is 0 Å². The summed E-state index contributed by atoms with van der Waals surface area (Å²) in [5.74, 6) is 0. The zero-order chi connectivity index (χ0) is 11.7. The Kier molecular flexibility index (Phi) is 2.94. The maximum absolute atomic E-state index is 6.07. The van der Waals surface area contributed by atoms with Gasteiger partial charge in [-0.1, -0.05) is 29.9 Å². The van der Waals surface area contributed by atoms with Gasteiger partial charge in [-0.15, -0.1) is 0 Å². The molecule has 0 unspecified atom stereocenters. The maximum atomic E-state index is 6.07. The molecule has 0 bridgehead atoms. The van der Waals surface area contributed by atoms with Gasteiger partial charge in [-0.25, -0.2) is 4.68 Å². The quantitative estimate of drug-likeness (QED) is 0.834. The fraction of sp³-hybridized carbons (Fsp3) is 0.0909. The van der Waals surface area contributed by atoms with Gasteiger partial charge in [0.1, 0.15) is 4.99 Å². The van der Waals surface area contributed by atoms with E-state index in [1.54, 1.807) is 10.7 Å². The van der Waals surface area contributed by atoms with Crippen molar-refractivity contribution in [3.63, 3.8) is 0 Å². The summed E-state index contributed by atoms with van der Waals surface area (Å²) < 4.78 is 1.72. The molecular weight excluding hydrogens is 242 g/mol. The van der Waals surface area contributed by atoms with Crippen LogP contribution in [0.25, 0.3) is 5.69 Å². The standard InChI is InChI=1S/C11H10ClN3S/c1-7-5-6-15(14-7)9-4-2-3-8(12)10(9)11(13)16/h2-6H,1H3,(H2,13,16). The Balaban J connectivity index is 2.65. The first-order valence-corrected chi connectivity index (χ1v) is 5.49. The molecule has 1 aromatic carbocycles. The summed E-state index contributed by atoms with van der Waals surface area (Å²) in [7, 11) is 0. The van der Waals surface area contributed by atoms with E-state index in [4.69, 9.17) is 29.6 Å². The molecule has 2 aromatic rings. The predicted octanol–water partition coefficient (Wildman–Crippen LogP) is 2.47. The summed E-state index contributed by atoms with van der Waals surface area (Å²) in [6.45, 7) is 1.92. The minimum atomic E-state index is 0.272. The second-order valence-electron chi connectivity index (χ2n) is 3.40. The van der Waals surface area contributed by atoms with Crippen molar-refractivity contribution < 1.29 is 0 Å². The lowest BCUT2D eigenvalue weighted by atomic mass is 10.2. The first-order valence-electron chi connectivity index (χ1n) is 4.70. The first kappa shape index (κ1) is 11.1. The van der Waals surface area contributed by atoms with Crippen molar-refractivity contribution in [2.24, 2.45) is 5.73 Å². The van der Waals surface area contributed by atoms with Crippen molar-refractivity contribution in [1.82, 2.24) is 9.78 Å². The average Bonchev–Trinajstić information content (AvgIpc) is 2.63.